The summed E-state index contributed by atoms with van der Waals surface area (Å²) in [7, 11) is 0. The highest BCUT2D eigenvalue weighted by Crippen LogP contribution is 2.15. The molecule has 0 bridgehead atoms. The first-order chi connectivity index (χ1) is 7.95. The summed E-state index contributed by atoms with van der Waals surface area (Å²) >= 11 is 1.17. The monoisotopic (exact) mass is 255 g/mol. The molecule has 17 heavy (non-hydrogen) atoms. The summed E-state index contributed by atoms with van der Waals surface area (Å²) in [5, 5.41) is 12.7. The molecule has 5 nitrogen and oxygen atoms in total. The predicted molar refractivity (Wildman–Crippen MR) is 63.5 cm³/mol. The normalized spacial score (nSPS) is 11.9. The Labute approximate surface area is 102 Å². The second kappa shape index (κ2) is 5.58. The van der Waals surface area contributed by atoms with Crippen LogP contribution < -0.4 is 5.32 Å². The fraction of sp³-hybridized carbons (Fsp3) is 0.364. The third-order valence-corrected chi connectivity index (χ3v) is 3.25. The first-order valence-corrected chi connectivity index (χ1v) is 5.96. The molecule has 0 saturated heterocycles. The molecule has 92 valence electrons. The first kappa shape index (κ1) is 13.4. The maximum atomic E-state index is 11.7. The number of hydrogen-bond acceptors (Lipinski definition) is 4. The summed E-state index contributed by atoms with van der Waals surface area (Å²) in [5.74, 6) is -1.65. The summed E-state index contributed by atoms with van der Waals surface area (Å²) in [6.45, 7) is 3.09. The number of carboxylic acid groups (broad SMARTS) is 1. The third kappa shape index (κ3) is 3.39. The predicted octanol–water partition coefficient (Wildman–Crippen LogP) is 1.54. The molecule has 1 aromatic heterocycles. The summed E-state index contributed by atoms with van der Waals surface area (Å²) < 4.78 is 0. The van der Waals surface area contributed by atoms with E-state index in [1.165, 1.54) is 24.3 Å². The van der Waals surface area contributed by atoms with E-state index in [0.29, 0.717) is 16.9 Å². The molecule has 1 amide bonds. The average molecular weight is 255 g/mol. The van der Waals surface area contributed by atoms with Gasteiger partial charge in [0, 0.05) is 5.38 Å². The molecule has 1 rings (SSSR count). The maximum absolute atomic E-state index is 11.7. The highest BCUT2D eigenvalue weighted by atomic mass is 32.1. The van der Waals surface area contributed by atoms with Gasteiger partial charge in [-0.3, -0.25) is 9.59 Å². The number of rotatable bonds is 5. The second-order valence-electron chi connectivity index (χ2n) is 3.53. The third-order valence-electron chi connectivity index (χ3n) is 2.22. The minimum atomic E-state index is -1.07. The molecule has 0 aromatic carbocycles. The van der Waals surface area contributed by atoms with Crippen LogP contribution in [0.2, 0.25) is 0 Å². The van der Waals surface area contributed by atoms with Crippen molar-refractivity contribution in [2.45, 2.75) is 26.3 Å². The van der Waals surface area contributed by atoms with Crippen molar-refractivity contribution in [2.24, 2.45) is 0 Å². The number of amides is 1. The van der Waals surface area contributed by atoms with E-state index in [1.807, 2.05) is 0 Å². The number of carboxylic acids is 1. The summed E-state index contributed by atoms with van der Waals surface area (Å²) in [6.07, 6.45) is 0.310. The van der Waals surface area contributed by atoms with Gasteiger partial charge in [-0.2, -0.15) is 0 Å². The van der Waals surface area contributed by atoms with Crippen LogP contribution in [0.3, 0.4) is 0 Å². The fourth-order valence-electron chi connectivity index (χ4n) is 1.22. The maximum Gasteiger partial charge on any atom is 0.326 e. The molecule has 1 aromatic rings. The van der Waals surface area contributed by atoms with E-state index >= 15 is 0 Å². The molecule has 2 N–H and O–H groups in total. The highest BCUT2D eigenvalue weighted by molar-refractivity contribution is 7.12. The van der Waals surface area contributed by atoms with Crippen molar-refractivity contribution in [1.29, 1.82) is 0 Å². The topological polar surface area (TPSA) is 83.5 Å². The van der Waals surface area contributed by atoms with Crippen LogP contribution in [0.1, 0.15) is 40.3 Å². The van der Waals surface area contributed by atoms with E-state index < -0.39 is 17.9 Å². The average Bonchev–Trinajstić information content (AvgIpc) is 2.74. The van der Waals surface area contributed by atoms with Gasteiger partial charge in [0.05, 0.1) is 10.4 Å². The Balaban J connectivity index is 2.75. The van der Waals surface area contributed by atoms with Gasteiger partial charge in [-0.05, 0) is 19.4 Å². The van der Waals surface area contributed by atoms with Crippen molar-refractivity contribution >= 4 is 29.0 Å². The molecule has 1 unspecified atom stereocenters. The molecule has 0 aliphatic rings. The standard InChI is InChI=1S/C11H13NO4S/c1-3-8(11(15)16)12-10(14)7-4-9(6(2)13)17-5-7/h4-5,8H,3H2,1-2H3,(H,12,14)(H,15,16). The van der Waals surface area contributed by atoms with Gasteiger partial charge < -0.3 is 10.4 Å². The number of hydrogen-bond donors (Lipinski definition) is 2. The zero-order chi connectivity index (χ0) is 13.0. The van der Waals surface area contributed by atoms with Crippen molar-refractivity contribution in [3.05, 3.63) is 21.9 Å². The lowest BCUT2D eigenvalue weighted by Crippen LogP contribution is -2.40. The number of nitrogens with one attached hydrogen (secondary N) is 1. The van der Waals surface area contributed by atoms with E-state index in [4.69, 9.17) is 5.11 Å². The van der Waals surface area contributed by atoms with Crippen LogP contribution in [0.25, 0.3) is 0 Å². The molecule has 0 aliphatic carbocycles. The van der Waals surface area contributed by atoms with Crippen LogP contribution in [0.15, 0.2) is 11.4 Å². The number of aliphatic carboxylic acids is 1. The Bertz CT molecular complexity index is 452. The van der Waals surface area contributed by atoms with E-state index in [0.717, 1.165) is 0 Å². The Morgan fingerprint density at radius 2 is 2.12 bits per heavy atom. The molecule has 6 heteroatoms. The quantitative estimate of drug-likeness (QED) is 0.782. The number of carbonyl (C=O) groups is 3. The van der Waals surface area contributed by atoms with Crippen molar-refractivity contribution in [2.75, 3.05) is 0 Å². The molecule has 0 saturated carbocycles. The van der Waals surface area contributed by atoms with Gasteiger partial charge >= 0.3 is 5.97 Å². The molecule has 0 radical (unpaired) electrons. The Morgan fingerprint density at radius 1 is 1.47 bits per heavy atom. The Kier molecular flexibility index (Phi) is 4.39. The van der Waals surface area contributed by atoms with Crippen LogP contribution >= 0.6 is 11.3 Å². The smallest absolute Gasteiger partial charge is 0.326 e. The Morgan fingerprint density at radius 3 is 2.53 bits per heavy atom. The minimum absolute atomic E-state index is 0.112. The van der Waals surface area contributed by atoms with Gasteiger partial charge in [0.15, 0.2) is 5.78 Å². The van der Waals surface area contributed by atoms with Crippen LogP contribution in [-0.4, -0.2) is 28.8 Å². The van der Waals surface area contributed by atoms with E-state index in [1.54, 1.807) is 12.3 Å². The van der Waals surface area contributed by atoms with Gasteiger partial charge in [-0.15, -0.1) is 11.3 Å². The van der Waals surface area contributed by atoms with E-state index in [-0.39, 0.29) is 5.78 Å². The molecule has 0 fully saturated rings. The van der Waals surface area contributed by atoms with Gasteiger partial charge in [0.25, 0.3) is 5.91 Å². The molecule has 0 spiro atoms. The lowest BCUT2D eigenvalue weighted by atomic mass is 10.2. The zero-order valence-corrected chi connectivity index (χ0v) is 10.3. The highest BCUT2D eigenvalue weighted by Gasteiger charge is 2.19. The van der Waals surface area contributed by atoms with Crippen LogP contribution in [-0.2, 0) is 4.79 Å². The van der Waals surface area contributed by atoms with E-state index in [9.17, 15) is 14.4 Å². The SMILES string of the molecule is CCC(NC(=O)c1csc(C(C)=O)c1)C(=O)O. The van der Waals surface area contributed by atoms with Crippen LogP contribution in [0.4, 0.5) is 0 Å². The van der Waals surface area contributed by atoms with Crippen LogP contribution in [0, 0.1) is 0 Å². The van der Waals surface area contributed by atoms with Crippen LogP contribution in [0.5, 0.6) is 0 Å². The molecule has 1 heterocycles. The van der Waals surface area contributed by atoms with Crippen molar-refractivity contribution in [3.63, 3.8) is 0 Å². The molecular formula is C11H13NO4S. The van der Waals surface area contributed by atoms with E-state index in [2.05, 4.69) is 5.32 Å². The summed E-state index contributed by atoms with van der Waals surface area (Å²) in [5.41, 5.74) is 0.319. The summed E-state index contributed by atoms with van der Waals surface area (Å²) in [6, 6.07) is 0.569. The largest absolute Gasteiger partial charge is 0.480 e. The van der Waals surface area contributed by atoms with Crippen molar-refractivity contribution in [1.82, 2.24) is 5.32 Å². The first-order valence-electron chi connectivity index (χ1n) is 5.08. The minimum Gasteiger partial charge on any atom is -0.480 e. The zero-order valence-electron chi connectivity index (χ0n) is 9.52. The van der Waals surface area contributed by atoms with Gasteiger partial charge in [0.2, 0.25) is 0 Å². The fourth-order valence-corrected chi connectivity index (χ4v) is 2.01. The number of thiophene rings is 1. The van der Waals surface area contributed by atoms with Gasteiger partial charge in [0.1, 0.15) is 6.04 Å². The van der Waals surface area contributed by atoms with Crippen molar-refractivity contribution in [3.8, 4) is 0 Å². The van der Waals surface area contributed by atoms with Crippen molar-refractivity contribution < 1.29 is 19.5 Å². The molecular weight excluding hydrogens is 242 g/mol. The summed E-state index contributed by atoms with van der Waals surface area (Å²) in [4.78, 5) is 34.0. The second-order valence-corrected chi connectivity index (χ2v) is 4.44. The number of ketones is 1. The Hall–Kier alpha value is -1.69. The number of carbonyl (C=O) groups excluding carboxylic acids is 2. The molecule has 0 aliphatic heterocycles. The number of Topliss-reactive ketones (excluding diaryl/α,β-unsaturated/α-hetero) is 1. The molecule has 1 atom stereocenters. The van der Waals surface area contributed by atoms with Gasteiger partial charge in [-0.25, -0.2) is 4.79 Å². The lowest BCUT2D eigenvalue weighted by molar-refractivity contribution is -0.139. The van der Waals surface area contributed by atoms with Gasteiger partial charge in [-0.1, -0.05) is 6.92 Å². The lowest BCUT2D eigenvalue weighted by Gasteiger charge is -2.10.